The first kappa shape index (κ1) is 14.1. The molecule has 0 atom stereocenters. The minimum atomic E-state index is -0.985. The Morgan fingerprint density at radius 2 is 1.95 bits per heavy atom. The molecule has 2 aromatic rings. The lowest BCUT2D eigenvalue weighted by Crippen LogP contribution is -2.29. The predicted octanol–water partition coefficient (Wildman–Crippen LogP) is 3.23. The molecule has 0 bridgehead atoms. The molecule has 0 heterocycles. The highest BCUT2D eigenvalue weighted by atomic mass is 19.1. The minimum Gasteiger partial charge on any atom is -0.480 e. The van der Waals surface area contributed by atoms with Crippen molar-refractivity contribution >= 4 is 11.7 Å². The van der Waals surface area contributed by atoms with Crippen molar-refractivity contribution in [3.63, 3.8) is 0 Å². The third-order valence-corrected chi connectivity index (χ3v) is 2.98. The highest BCUT2D eigenvalue weighted by molar-refractivity contribution is 5.73. The zero-order valence-electron chi connectivity index (χ0n) is 11.2. The summed E-state index contributed by atoms with van der Waals surface area (Å²) in [7, 11) is 0. The van der Waals surface area contributed by atoms with Gasteiger partial charge in [-0.15, -0.1) is 0 Å². The maximum Gasteiger partial charge on any atom is 0.323 e. The van der Waals surface area contributed by atoms with Gasteiger partial charge in [0.15, 0.2) is 0 Å². The lowest BCUT2D eigenvalue weighted by Gasteiger charge is -2.23. The van der Waals surface area contributed by atoms with Gasteiger partial charge in [0.2, 0.25) is 0 Å². The quantitative estimate of drug-likeness (QED) is 0.909. The molecular weight excluding hydrogens is 257 g/mol. The first-order chi connectivity index (χ1) is 9.56. The number of para-hydroxylation sites is 1. The second-order valence-corrected chi connectivity index (χ2v) is 4.69. The molecule has 2 rings (SSSR count). The van der Waals surface area contributed by atoms with Crippen LogP contribution >= 0.6 is 0 Å². The number of carbonyl (C=O) groups is 1. The molecule has 0 aromatic heterocycles. The van der Waals surface area contributed by atoms with Crippen LogP contribution in [0, 0.1) is 12.7 Å². The van der Waals surface area contributed by atoms with Crippen LogP contribution in [-0.2, 0) is 11.3 Å². The minimum absolute atomic E-state index is 0.241. The molecule has 0 unspecified atom stereocenters. The Bertz CT molecular complexity index is 613. The number of carboxylic acids is 1. The number of nitrogens with zero attached hydrogens (tertiary/aromatic N) is 1. The second-order valence-electron chi connectivity index (χ2n) is 4.69. The van der Waals surface area contributed by atoms with E-state index >= 15 is 0 Å². The van der Waals surface area contributed by atoms with E-state index in [4.69, 9.17) is 5.11 Å². The van der Waals surface area contributed by atoms with Gasteiger partial charge in [-0.1, -0.05) is 42.0 Å². The van der Waals surface area contributed by atoms with Gasteiger partial charge < -0.3 is 10.0 Å². The predicted molar refractivity (Wildman–Crippen MR) is 76.3 cm³/mol. The van der Waals surface area contributed by atoms with Crippen molar-refractivity contribution in [2.24, 2.45) is 0 Å². The fourth-order valence-corrected chi connectivity index (χ4v) is 2.13. The average molecular weight is 273 g/mol. The van der Waals surface area contributed by atoms with Crippen molar-refractivity contribution in [3.05, 3.63) is 65.5 Å². The number of halogens is 1. The fourth-order valence-electron chi connectivity index (χ4n) is 2.13. The number of rotatable bonds is 5. The Morgan fingerprint density at radius 1 is 1.20 bits per heavy atom. The summed E-state index contributed by atoms with van der Waals surface area (Å²) in [6.07, 6.45) is 0. The smallest absolute Gasteiger partial charge is 0.323 e. The van der Waals surface area contributed by atoms with Crippen LogP contribution in [0.1, 0.15) is 11.1 Å². The molecule has 104 valence electrons. The zero-order chi connectivity index (χ0) is 14.5. The third-order valence-electron chi connectivity index (χ3n) is 2.98. The van der Waals surface area contributed by atoms with E-state index in [2.05, 4.69) is 0 Å². The number of hydrogen-bond donors (Lipinski definition) is 1. The maximum absolute atomic E-state index is 13.8. The van der Waals surface area contributed by atoms with E-state index in [9.17, 15) is 9.18 Å². The van der Waals surface area contributed by atoms with Crippen molar-refractivity contribution in [2.75, 3.05) is 11.4 Å². The molecular formula is C16H16FNO2. The standard InChI is InChI=1S/C16H16FNO2/c1-12-5-4-6-13(9-12)10-18(11-16(19)20)15-8-3-2-7-14(15)17/h2-9H,10-11H2,1H3,(H,19,20). The summed E-state index contributed by atoms with van der Waals surface area (Å²) in [5, 5.41) is 9.00. The van der Waals surface area contributed by atoms with Crippen LogP contribution in [0.15, 0.2) is 48.5 Å². The van der Waals surface area contributed by atoms with Crippen molar-refractivity contribution in [2.45, 2.75) is 13.5 Å². The third kappa shape index (κ3) is 3.57. The van der Waals surface area contributed by atoms with Gasteiger partial charge in [0.25, 0.3) is 0 Å². The van der Waals surface area contributed by atoms with Crippen molar-refractivity contribution < 1.29 is 14.3 Å². The molecule has 0 radical (unpaired) electrons. The molecule has 0 aliphatic heterocycles. The van der Waals surface area contributed by atoms with Crippen LogP contribution < -0.4 is 4.90 Å². The van der Waals surface area contributed by atoms with Gasteiger partial charge in [-0.2, -0.15) is 0 Å². The molecule has 1 N–H and O–H groups in total. The zero-order valence-corrected chi connectivity index (χ0v) is 11.2. The molecule has 3 nitrogen and oxygen atoms in total. The molecule has 0 aliphatic carbocycles. The Labute approximate surface area is 117 Å². The van der Waals surface area contributed by atoms with Crippen molar-refractivity contribution in [1.29, 1.82) is 0 Å². The number of aryl methyl sites for hydroxylation is 1. The van der Waals surface area contributed by atoms with E-state index in [1.165, 1.54) is 11.0 Å². The molecule has 0 aliphatic rings. The summed E-state index contributed by atoms with van der Waals surface area (Å²) >= 11 is 0. The van der Waals surface area contributed by atoms with Crippen LogP contribution in [0.25, 0.3) is 0 Å². The number of anilines is 1. The topological polar surface area (TPSA) is 40.5 Å². The average Bonchev–Trinajstić information content (AvgIpc) is 2.38. The van der Waals surface area contributed by atoms with Gasteiger partial charge in [0.1, 0.15) is 12.4 Å². The van der Waals surface area contributed by atoms with Crippen LogP contribution in [0.4, 0.5) is 10.1 Å². The normalized spacial score (nSPS) is 10.3. The first-order valence-corrected chi connectivity index (χ1v) is 6.33. The summed E-state index contributed by atoms with van der Waals surface area (Å²) in [5.74, 6) is -1.40. The van der Waals surface area contributed by atoms with Gasteiger partial charge in [-0.25, -0.2) is 4.39 Å². The van der Waals surface area contributed by atoms with Gasteiger partial charge in [-0.05, 0) is 24.6 Å². The maximum atomic E-state index is 13.8. The van der Waals surface area contributed by atoms with Crippen molar-refractivity contribution in [3.8, 4) is 0 Å². The van der Waals surface area contributed by atoms with Gasteiger partial charge in [-0.3, -0.25) is 4.79 Å². The second kappa shape index (κ2) is 6.19. The fraction of sp³-hybridized carbons (Fsp3) is 0.188. The molecule has 0 spiro atoms. The molecule has 0 amide bonds. The highest BCUT2D eigenvalue weighted by Gasteiger charge is 2.14. The van der Waals surface area contributed by atoms with Gasteiger partial charge in [0.05, 0.1) is 5.69 Å². The summed E-state index contributed by atoms with van der Waals surface area (Å²) in [5.41, 5.74) is 2.34. The van der Waals surface area contributed by atoms with Gasteiger partial charge >= 0.3 is 5.97 Å². The van der Waals surface area contributed by atoms with E-state index < -0.39 is 11.8 Å². The Balaban J connectivity index is 2.29. The Hall–Kier alpha value is -2.36. The first-order valence-electron chi connectivity index (χ1n) is 6.33. The molecule has 0 fully saturated rings. The Kier molecular flexibility index (Phi) is 4.35. The summed E-state index contributed by atoms with van der Waals surface area (Å²) in [6, 6.07) is 14.0. The molecule has 0 saturated heterocycles. The number of aliphatic carboxylic acids is 1. The lowest BCUT2D eigenvalue weighted by molar-refractivity contribution is -0.135. The van der Waals surface area contributed by atoms with Crippen LogP contribution in [0.3, 0.4) is 0 Å². The van der Waals surface area contributed by atoms with Crippen LogP contribution in [0.2, 0.25) is 0 Å². The van der Waals surface area contributed by atoms with Crippen LogP contribution in [0.5, 0.6) is 0 Å². The molecule has 2 aromatic carbocycles. The number of hydrogen-bond acceptors (Lipinski definition) is 2. The number of benzene rings is 2. The van der Waals surface area contributed by atoms with E-state index in [0.29, 0.717) is 12.2 Å². The monoisotopic (exact) mass is 273 g/mol. The Morgan fingerprint density at radius 3 is 2.60 bits per heavy atom. The van der Waals surface area contributed by atoms with E-state index in [1.807, 2.05) is 31.2 Å². The van der Waals surface area contributed by atoms with Crippen LogP contribution in [-0.4, -0.2) is 17.6 Å². The molecule has 20 heavy (non-hydrogen) atoms. The highest BCUT2D eigenvalue weighted by Crippen LogP contribution is 2.21. The number of carboxylic acid groups (broad SMARTS) is 1. The van der Waals surface area contributed by atoms with Gasteiger partial charge in [0, 0.05) is 6.54 Å². The summed E-state index contributed by atoms with van der Waals surface area (Å²) in [6.45, 7) is 2.08. The summed E-state index contributed by atoms with van der Waals surface area (Å²) < 4.78 is 13.8. The summed E-state index contributed by atoms with van der Waals surface area (Å²) in [4.78, 5) is 12.5. The van der Waals surface area contributed by atoms with E-state index in [0.717, 1.165) is 11.1 Å². The molecule has 4 heteroatoms. The van der Waals surface area contributed by atoms with E-state index in [1.54, 1.807) is 18.2 Å². The van der Waals surface area contributed by atoms with Crippen molar-refractivity contribution in [1.82, 2.24) is 0 Å². The van der Waals surface area contributed by atoms with E-state index in [-0.39, 0.29) is 6.54 Å². The largest absolute Gasteiger partial charge is 0.480 e. The molecule has 0 saturated carbocycles. The SMILES string of the molecule is Cc1cccc(CN(CC(=O)O)c2ccccc2F)c1. The lowest BCUT2D eigenvalue weighted by atomic mass is 10.1.